The fraction of sp³-hybridized carbons (Fsp3) is 0.618. The van der Waals surface area contributed by atoms with Crippen LogP contribution in [0.1, 0.15) is 70.4 Å². The number of carbonyl (C=O) groups is 6. The fourth-order valence-corrected chi connectivity index (χ4v) is 9.42. The molecule has 16 heteroatoms. The summed E-state index contributed by atoms with van der Waals surface area (Å²) in [5.74, 6) is -4.59. The highest BCUT2D eigenvalue weighted by Crippen LogP contribution is 2.38. The monoisotopic (exact) mass is 732 g/mol. The Kier molecular flexibility index (Phi) is 15.9. The van der Waals surface area contributed by atoms with E-state index in [0.29, 0.717) is 29.8 Å². The van der Waals surface area contributed by atoms with Crippen molar-refractivity contribution in [2.75, 3.05) is 18.7 Å². The third kappa shape index (κ3) is 12.5. The van der Waals surface area contributed by atoms with Gasteiger partial charge in [-0.15, -0.1) is 23.5 Å². The van der Waals surface area contributed by atoms with Crippen molar-refractivity contribution in [1.29, 1.82) is 5.41 Å². The number of unbranched alkanes of at least 4 members (excludes halogenated alkanes) is 1. The lowest BCUT2D eigenvalue weighted by molar-refractivity contribution is -0.144. The number of amides is 6. The fourth-order valence-electron chi connectivity index (χ4n) is 6.17. The first kappa shape index (κ1) is 40.6. The van der Waals surface area contributed by atoms with Crippen molar-refractivity contribution in [3.8, 4) is 0 Å². The number of amidine groups is 1. The predicted octanol–water partition coefficient (Wildman–Crippen LogP) is 0.795. The molecule has 6 atom stereocenters. The Morgan fingerprint density at radius 2 is 1.64 bits per heavy atom. The largest absolute Gasteiger partial charge is 0.388 e. The van der Waals surface area contributed by atoms with E-state index < -0.39 is 72.6 Å². The second kappa shape index (κ2) is 19.6. The molecule has 0 aliphatic carbocycles. The SMILES string of the molecule is CC(C)[C@H]1C(=O)N[C@@H](CCCCC(=N)N)C(=O)NCC(=O)N[C@@H](CC(N)=O)C(=O)N[C@H](Cc2cccc(CC[C@H]3SCSC3C)c2)C(=O)N1C. The number of hydrogen-bond donors (Lipinski definition) is 7. The Bertz CT molecular complexity index is 1410. The maximum absolute atomic E-state index is 14.3. The summed E-state index contributed by atoms with van der Waals surface area (Å²) in [7, 11) is 1.48. The van der Waals surface area contributed by atoms with Gasteiger partial charge in [0.05, 0.1) is 18.8 Å². The van der Waals surface area contributed by atoms with Crippen LogP contribution in [0.2, 0.25) is 0 Å². The van der Waals surface area contributed by atoms with Crippen LogP contribution >= 0.6 is 23.5 Å². The maximum Gasteiger partial charge on any atom is 0.245 e. The van der Waals surface area contributed by atoms with Gasteiger partial charge in [-0.25, -0.2) is 0 Å². The molecule has 276 valence electrons. The van der Waals surface area contributed by atoms with Gasteiger partial charge in [-0.3, -0.25) is 34.2 Å². The number of hydrogen-bond acceptors (Lipinski definition) is 9. The number of nitrogens with two attached hydrogens (primary N) is 2. The Labute approximate surface area is 302 Å². The first-order valence-electron chi connectivity index (χ1n) is 17.0. The van der Waals surface area contributed by atoms with Crippen LogP contribution in [-0.4, -0.2) is 99.5 Å². The molecule has 0 saturated carbocycles. The molecule has 2 aliphatic rings. The van der Waals surface area contributed by atoms with Crippen LogP contribution < -0.4 is 32.7 Å². The molecule has 50 heavy (non-hydrogen) atoms. The topological polar surface area (TPSA) is 230 Å². The third-order valence-electron chi connectivity index (χ3n) is 8.87. The van der Waals surface area contributed by atoms with Gasteiger partial charge in [-0.05, 0) is 42.7 Å². The number of aryl methyl sites for hydroxylation is 1. The number of thioether (sulfide) groups is 2. The highest BCUT2D eigenvalue weighted by molar-refractivity contribution is 8.19. The Balaban J connectivity index is 1.94. The Hall–Kier alpha value is -3.79. The van der Waals surface area contributed by atoms with Crippen molar-refractivity contribution >= 4 is 64.8 Å². The van der Waals surface area contributed by atoms with Crippen molar-refractivity contribution < 1.29 is 28.8 Å². The number of carbonyl (C=O) groups excluding carboxylic acids is 6. The Morgan fingerprint density at radius 3 is 2.28 bits per heavy atom. The summed E-state index contributed by atoms with van der Waals surface area (Å²) in [6.07, 6.45) is 2.87. The second-order valence-electron chi connectivity index (χ2n) is 13.3. The third-order valence-corrected chi connectivity index (χ3v) is 12.1. The van der Waals surface area contributed by atoms with Crippen LogP contribution in [0.25, 0.3) is 0 Å². The van der Waals surface area contributed by atoms with E-state index in [9.17, 15) is 28.8 Å². The quantitative estimate of drug-likeness (QED) is 0.0863. The standard InChI is InChI=1S/C34H52N8O6S2/c1-19(2)30-33(47)40-23(10-5-6-11-27(35)36)31(45)38-17-29(44)39-24(16-28(37)43)32(46)41-25(34(48)42(30)4)15-22-9-7-8-21(14-22)12-13-26-20(3)49-18-50-26/h7-9,14,19-20,23-26,30H,5-6,10-13,15-18H2,1-4H3,(H3,35,36)(H2,37,43)(H,38,45)(H,39,44)(H,40,47)(H,41,46)/t20?,23-,24-,25+,26+,30-/m0/s1. The normalized spacial score (nSPS) is 25.6. The molecule has 2 fully saturated rings. The van der Waals surface area contributed by atoms with E-state index in [2.05, 4.69) is 28.2 Å². The zero-order valence-corrected chi connectivity index (χ0v) is 30.9. The molecule has 0 bridgehead atoms. The summed E-state index contributed by atoms with van der Waals surface area (Å²) < 4.78 is 0. The number of nitrogens with zero attached hydrogens (tertiary/aromatic N) is 1. The predicted molar refractivity (Wildman–Crippen MR) is 196 cm³/mol. The van der Waals surface area contributed by atoms with Gasteiger partial charge in [0.1, 0.15) is 24.2 Å². The maximum atomic E-state index is 14.3. The van der Waals surface area contributed by atoms with Gasteiger partial charge in [0.15, 0.2) is 0 Å². The number of benzene rings is 1. The van der Waals surface area contributed by atoms with Crippen molar-refractivity contribution in [1.82, 2.24) is 26.2 Å². The summed E-state index contributed by atoms with van der Waals surface area (Å²) >= 11 is 3.92. The van der Waals surface area contributed by atoms with E-state index >= 15 is 0 Å². The van der Waals surface area contributed by atoms with Gasteiger partial charge >= 0.3 is 0 Å². The highest BCUT2D eigenvalue weighted by Gasteiger charge is 2.37. The van der Waals surface area contributed by atoms with Crippen molar-refractivity contribution in [2.45, 2.75) is 107 Å². The van der Waals surface area contributed by atoms with Crippen molar-refractivity contribution in [3.05, 3.63) is 35.4 Å². The first-order chi connectivity index (χ1) is 23.7. The minimum atomic E-state index is -1.42. The molecular weight excluding hydrogens is 681 g/mol. The molecule has 0 aromatic heterocycles. The van der Waals surface area contributed by atoms with Crippen molar-refractivity contribution in [3.63, 3.8) is 0 Å². The zero-order chi connectivity index (χ0) is 37.0. The molecule has 2 heterocycles. The zero-order valence-electron chi connectivity index (χ0n) is 29.3. The lowest BCUT2D eigenvalue weighted by atomic mass is 9.97. The van der Waals surface area contributed by atoms with Gasteiger partial charge in [0.2, 0.25) is 35.4 Å². The molecule has 14 nitrogen and oxygen atoms in total. The number of primary amides is 1. The molecule has 1 aromatic carbocycles. The summed E-state index contributed by atoms with van der Waals surface area (Å²) in [4.78, 5) is 81.0. The van der Waals surface area contributed by atoms with Crippen LogP contribution in [0.4, 0.5) is 0 Å². The molecule has 2 aliphatic heterocycles. The van der Waals surface area contributed by atoms with E-state index in [4.69, 9.17) is 16.9 Å². The summed E-state index contributed by atoms with van der Waals surface area (Å²) in [6.45, 7) is 5.25. The number of likely N-dealkylation sites (N-methyl/N-ethyl adjacent to an activating group) is 1. The summed E-state index contributed by atoms with van der Waals surface area (Å²) in [5.41, 5.74) is 12.8. The molecule has 1 aromatic rings. The molecule has 0 spiro atoms. The second-order valence-corrected chi connectivity index (χ2v) is 16.3. The van der Waals surface area contributed by atoms with Gasteiger partial charge in [-0.2, -0.15) is 0 Å². The smallest absolute Gasteiger partial charge is 0.245 e. The molecule has 9 N–H and O–H groups in total. The molecule has 6 amide bonds. The van der Waals surface area contributed by atoms with Gasteiger partial charge in [0.25, 0.3) is 0 Å². The van der Waals surface area contributed by atoms with Crippen LogP contribution in [0.3, 0.4) is 0 Å². The lowest BCUT2D eigenvalue weighted by Crippen LogP contribution is -2.59. The lowest BCUT2D eigenvalue weighted by Gasteiger charge is -2.34. The number of rotatable bonds is 13. The van der Waals surface area contributed by atoms with Gasteiger partial charge in [0, 0.05) is 35.5 Å². The van der Waals surface area contributed by atoms with E-state index in [-0.39, 0.29) is 24.6 Å². The average molecular weight is 733 g/mol. The summed E-state index contributed by atoms with van der Waals surface area (Å²) in [6, 6.07) is 3.16. The molecular formula is C34H52N8O6S2. The highest BCUT2D eigenvalue weighted by atomic mass is 32.2. The number of nitrogens with one attached hydrogen (secondary N) is 5. The Morgan fingerprint density at radius 1 is 0.940 bits per heavy atom. The summed E-state index contributed by atoms with van der Waals surface area (Å²) in [5, 5.41) is 20.1. The van der Waals surface area contributed by atoms with E-state index in [1.54, 1.807) is 13.8 Å². The minimum Gasteiger partial charge on any atom is -0.388 e. The molecule has 2 saturated heterocycles. The average Bonchev–Trinajstić information content (AvgIpc) is 3.46. The van der Waals surface area contributed by atoms with E-state index in [1.807, 2.05) is 47.8 Å². The van der Waals surface area contributed by atoms with Crippen LogP contribution in [-0.2, 0) is 41.6 Å². The first-order valence-corrected chi connectivity index (χ1v) is 19.1. The van der Waals surface area contributed by atoms with Gasteiger partial charge in [-0.1, -0.05) is 51.5 Å². The molecule has 3 rings (SSSR count). The van der Waals surface area contributed by atoms with Crippen LogP contribution in [0, 0.1) is 11.3 Å². The van der Waals surface area contributed by atoms with Gasteiger partial charge < -0.3 is 37.6 Å². The van der Waals surface area contributed by atoms with Crippen LogP contribution in [0.5, 0.6) is 0 Å². The molecule has 1 unspecified atom stereocenters. The molecule has 0 radical (unpaired) electrons. The van der Waals surface area contributed by atoms with Crippen LogP contribution in [0.15, 0.2) is 24.3 Å². The van der Waals surface area contributed by atoms with E-state index in [1.165, 1.54) is 11.9 Å². The van der Waals surface area contributed by atoms with E-state index in [0.717, 1.165) is 29.1 Å². The van der Waals surface area contributed by atoms with Crippen molar-refractivity contribution in [2.24, 2.45) is 17.4 Å². The minimum absolute atomic E-state index is 0.00387.